The summed E-state index contributed by atoms with van der Waals surface area (Å²) in [4.78, 5) is 19.3. The Labute approximate surface area is 245 Å². The molecular weight excluding hydrogens is 506 g/mol. The molecule has 1 heterocycles. The molecule has 0 fully saturated rings. The zero-order chi connectivity index (χ0) is 29.2. The number of aromatic carboxylic acids is 1. The van der Waals surface area contributed by atoms with E-state index in [0.29, 0.717) is 5.56 Å². The lowest BCUT2D eigenvalue weighted by Crippen LogP contribution is -2.26. The molecule has 5 nitrogen and oxygen atoms in total. The largest absolute Gasteiger partial charge is 0.478 e. The number of carboxylic acid groups (broad SMARTS) is 1. The molecule has 0 atom stereocenters. The van der Waals surface area contributed by atoms with Crippen molar-refractivity contribution in [1.29, 1.82) is 0 Å². The molecule has 3 aromatic carbocycles. The summed E-state index contributed by atoms with van der Waals surface area (Å²) < 4.78 is 2.47. The standard InChI is InChI=1S/C36H45N3O2/c1-5-7-9-12-23-38(25-29-17-21-31(22-18-29)36(40)41)26-33-34(30-19-15-27(3)16-20-30)37-35(39(33)24-8-6-2)32-14-11-10-13-28(32)4/h10-11,13-22H,5-9,12,23-26H2,1-4H3,(H,40,41). The predicted octanol–water partition coefficient (Wildman–Crippen LogP) is 8.91. The Kier molecular flexibility index (Phi) is 10.9. The van der Waals surface area contributed by atoms with Crippen LogP contribution in [0.25, 0.3) is 22.6 Å². The Balaban J connectivity index is 1.79. The Bertz CT molecular complexity index is 1400. The molecule has 0 saturated carbocycles. The van der Waals surface area contributed by atoms with Crippen molar-refractivity contribution >= 4 is 5.97 Å². The van der Waals surface area contributed by atoms with Crippen molar-refractivity contribution < 1.29 is 9.90 Å². The van der Waals surface area contributed by atoms with E-state index in [1.54, 1.807) is 12.1 Å². The first kappa shape index (κ1) is 30.3. The van der Waals surface area contributed by atoms with Crippen LogP contribution in [0, 0.1) is 13.8 Å². The van der Waals surface area contributed by atoms with E-state index in [2.05, 4.69) is 85.7 Å². The van der Waals surface area contributed by atoms with E-state index in [1.807, 2.05) is 12.1 Å². The minimum absolute atomic E-state index is 0.324. The number of carbonyl (C=O) groups is 1. The first-order valence-corrected chi connectivity index (χ1v) is 15.2. The number of carboxylic acids is 1. The van der Waals surface area contributed by atoms with Gasteiger partial charge < -0.3 is 9.67 Å². The van der Waals surface area contributed by atoms with Crippen molar-refractivity contribution in [2.24, 2.45) is 0 Å². The van der Waals surface area contributed by atoms with Crippen molar-refractivity contribution in [2.45, 2.75) is 85.9 Å². The lowest BCUT2D eigenvalue weighted by molar-refractivity contribution is 0.0697. The van der Waals surface area contributed by atoms with Gasteiger partial charge in [0, 0.05) is 30.8 Å². The maximum absolute atomic E-state index is 11.4. The van der Waals surface area contributed by atoms with Gasteiger partial charge in [-0.15, -0.1) is 0 Å². The van der Waals surface area contributed by atoms with Gasteiger partial charge in [-0.3, -0.25) is 4.90 Å². The molecule has 5 heteroatoms. The molecule has 4 aromatic rings. The zero-order valence-corrected chi connectivity index (χ0v) is 25.2. The van der Waals surface area contributed by atoms with Gasteiger partial charge in [-0.2, -0.15) is 0 Å². The van der Waals surface area contributed by atoms with E-state index < -0.39 is 5.97 Å². The van der Waals surface area contributed by atoms with Gasteiger partial charge in [0.1, 0.15) is 5.82 Å². The van der Waals surface area contributed by atoms with Crippen LogP contribution in [0.3, 0.4) is 0 Å². The van der Waals surface area contributed by atoms with Gasteiger partial charge in [-0.05, 0) is 56.5 Å². The van der Waals surface area contributed by atoms with Gasteiger partial charge >= 0.3 is 5.97 Å². The van der Waals surface area contributed by atoms with E-state index in [1.165, 1.54) is 41.6 Å². The van der Waals surface area contributed by atoms with Gasteiger partial charge in [0.05, 0.1) is 17.0 Å². The second-order valence-electron chi connectivity index (χ2n) is 11.2. The molecule has 41 heavy (non-hydrogen) atoms. The van der Waals surface area contributed by atoms with Gasteiger partial charge in [0.25, 0.3) is 0 Å². The predicted molar refractivity (Wildman–Crippen MR) is 169 cm³/mol. The van der Waals surface area contributed by atoms with Crippen molar-refractivity contribution in [1.82, 2.24) is 14.5 Å². The van der Waals surface area contributed by atoms with Crippen LogP contribution in [0.2, 0.25) is 0 Å². The van der Waals surface area contributed by atoms with Crippen LogP contribution in [0.5, 0.6) is 0 Å². The lowest BCUT2D eigenvalue weighted by atomic mass is 10.1. The summed E-state index contributed by atoms with van der Waals surface area (Å²) in [6.45, 7) is 12.2. The third-order valence-electron chi connectivity index (χ3n) is 7.83. The number of hydrogen-bond donors (Lipinski definition) is 1. The molecule has 0 bridgehead atoms. The number of imidazole rings is 1. The smallest absolute Gasteiger partial charge is 0.335 e. The normalized spacial score (nSPS) is 11.3. The quantitative estimate of drug-likeness (QED) is 0.150. The Morgan fingerprint density at radius 2 is 1.54 bits per heavy atom. The average Bonchev–Trinajstić information content (AvgIpc) is 3.32. The number of benzene rings is 3. The van der Waals surface area contributed by atoms with Gasteiger partial charge in [-0.25, -0.2) is 9.78 Å². The minimum atomic E-state index is -0.890. The fourth-order valence-corrected chi connectivity index (χ4v) is 5.37. The summed E-state index contributed by atoms with van der Waals surface area (Å²) >= 11 is 0. The average molecular weight is 552 g/mol. The fraction of sp³-hybridized carbons (Fsp3) is 0.389. The van der Waals surface area contributed by atoms with E-state index in [4.69, 9.17) is 4.98 Å². The number of aromatic nitrogens is 2. The summed E-state index contributed by atoms with van der Waals surface area (Å²) in [5.74, 6) is 0.151. The third kappa shape index (κ3) is 7.95. The maximum Gasteiger partial charge on any atom is 0.335 e. The molecule has 216 valence electrons. The topological polar surface area (TPSA) is 58.4 Å². The van der Waals surface area contributed by atoms with E-state index in [-0.39, 0.29) is 0 Å². The van der Waals surface area contributed by atoms with Crippen molar-refractivity contribution in [3.05, 3.63) is 101 Å². The summed E-state index contributed by atoms with van der Waals surface area (Å²) in [7, 11) is 0. The highest BCUT2D eigenvalue weighted by Gasteiger charge is 2.22. The number of unbranched alkanes of at least 4 members (excludes halogenated alkanes) is 4. The third-order valence-corrected chi connectivity index (χ3v) is 7.83. The SMILES string of the molecule is CCCCCCN(Cc1ccc(C(=O)O)cc1)Cc1c(-c2ccc(C)cc2)nc(-c2ccccc2C)n1CCCC. The fourth-order valence-electron chi connectivity index (χ4n) is 5.37. The molecular formula is C36H45N3O2. The Morgan fingerprint density at radius 3 is 2.20 bits per heavy atom. The van der Waals surface area contributed by atoms with Crippen LogP contribution in [-0.2, 0) is 19.6 Å². The summed E-state index contributed by atoms with van der Waals surface area (Å²) in [5, 5.41) is 9.37. The highest BCUT2D eigenvalue weighted by atomic mass is 16.4. The second-order valence-corrected chi connectivity index (χ2v) is 11.2. The maximum atomic E-state index is 11.4. The van der Waals surface area contributed by atoms with Gasteiger partial charge in [-0.1, -0.05) is 106 Å². The van der Waals surface area contributed by atoms with Crippen LogP contribution in [0.4, 0.5) is 0 Å². The molecule has 1 aromatic heterocycles. The van der Waals surface area contributed by atoms with Crippen LogP contribution < -0.4 is 0 Å². The molecule has 0 spiro atoms. The molecule has 0 amide bonds. The van der Waals surface area contributed by atoms with Crippen LogP contribution >= 0.6 is 0 Å². The van der Waals surface area contributed by atoms with Gasteiger partial charge in [0.2, 0.25) is 0 Å². The van der Waals surface area contributed by atoms with E-state index >= 15 is 0 Å². The number of rotatable bonds is 15. The molecule has 0 radical (unpaired) electrons. The second kappa shape index (κ2) is 14.8. The summed E-state index contributed by atoms with van der Waals surface area (Å²) in [6, 6.07) is 24.6. The Morgan fingerprint density at radius 1 is 0.829 bits per heavy atom. The van der Waals surface area contributed by atoms with Crippen molar-refractivity contribution in [2.75, 3.05) is 6.54 Å². The summed E-state index contributed by atoms with van der Waals surface area (Å²) in [5.41, 5.74) is 8.55. The molecule has 0 aliphatic heterocycles. The molecule has 0 unspecified atom stereocenters. The van der Waals surface area contributed by atoms with Crippen molar-refractivity contribution in [3.63, 3.8) is 0 Å². The van der Waals surface area contributed by atoms with Gasteiger partial charge in [0.15, 0.2) is 0 Å². The highest BCUT2D eigenvalue weighted by Crippen LogP contribution is 2.33. The van der Waals surface area contributed by atoms with E-state index in [0.717, 1.165) is 68.1 Å². The molecule has 0 aliphatic rings. The number of nitrogens with zero attached hydrogens (tertiary/aromatic N) is 3. The first-order chi connectivity index (χ1) is 19.9. The Hall–Kier alpha value is -3.70. The minimum Gasteiger partial charge on any atom is -0.478 e. The number of aryl methyl sites for hydroxylation is 2. The highest BCUT2D eigenvalue weighted by molar-refractivity contribution is 5.87. The molecule has 0 saturated heterocycles. The molecule has 4 rings (SSSR count). The van der Waals surface area contributed by atoms with Crippen LogP contribution in [0.15, 0.2) is 72.8 Å². The van der Waals surface area contributed by atoms with Crippen LogP contribution in [0.1, 0.15) is 85.1 Å². The summed E-state index contributed by atoms with van der Waals surface area (Å²) in [6.07, 6.45) is 6.98. The molecule has 1 N–H and O–H groups in total. The van der Waals surface area contributed by atoms with Crippen molar-refractivity contribution in [3.8, 4) is 22.6 Å². The zero-order valence-electron chi connectivity index (χ0n) is 25.2. The molecule has 0 aliphatic carbocycles. The monoisotopic (exact) mass is 551 g/mol. The van der Waals surface area contributed by atoms with Crippen LogP contribution in [-0.4, -0.2) is 32.1 Å². The lowest BCUT2D eigenvalue weighted by Gasteiger charge is -2.24. The number of hydrogen-bond acceptors (Lipinski definition) is 3. The van der Waals surface area contributed by atoms with E-state index in [9.17, 15) is 9.90 Å². The first-order valence-electron chi connectivity index (χ1n) is 15.2.